The number of halogens is 1. The average Bonchev–Trinajstić information content (AvgIpc) is 2.58. The Labute approximate surface area is 142 Å². The van der Waals surface area contributed by atoms with Crippen molar-refractivity contribution < 1.29 is 9.90 Å². The molecule has 1 saturated heterocycles. The number of carbonyl (C=O) groups is 1. The lowest BCUT2D eigenvalue weighted by atomic mass is 10.0. The highest BCUT2D eigenvalue weighted by atomic mass is 79.9. The molecule has 2 aromatic rings. The van der Waals surface area contributed by atoms with Crippen LogP contribution >= 0.6 is 15.9 Å². The Hall–Kier alpha value is -1.99. The molecule has 0 spiro atoms. The highest BCUT2D eigenvalue weighted by Crippen LogP contribution is 2.29. The molecule has 0 amide bonds. The van der Waals surface area contributed by atoms with Crippen molar-refractivity contribution in [2.75, 3.05) is 31.1 Å². The SMILES string of the molecule is O=C(O)C(c1ccccc1Br)N1CCN(c2ncccn2)CC1. The van der Waals surface area contributed by atoms with Crippen LogP contribution in [0.5, 0.6) is 0 Å². The Bertz CT molecular complexity index is 675. The molecule has 0 radical (unpaired) electrons. The molecule has 1 aliphatic rings. The van der Waals surface area contributed by atoms with Crippen LogP contribution in [0.1, 0.15) is 11.6 Å². The van der Waals surface area contributed by atoms with Crippen LogP contribution in [0.25, 0.3) is 0 Å². The van der Waals surface area contributed by atoms with Gasteiger partial charge in [-0.1, -0.05) is 34.1 Å². The summed E-state index contributed by atoms with van der Waals surface area (Å²) in [7, 11) is 0. The van der Waals surface area contributed by atoms with Gasteiger partial charge in [-0.2, -0.15) is 0 Å². The summed E-state index contributed by atoms with van der Waals surface area (Å²) in [4.78, 5) is 24.4. The number of aliphatic carboxylic acids is 1. The highest BCUT2D eigenvalue weighted by molar-refractivity contribution is 9.10. The van der Waals surface area contributed by atoms with Gasteiger partial charge < -0.3 is 10.0 Å². The van der Waals surface area contributed by atoms with Crippen molar-refractivity contribution >= 4 is 27.8 Å². The monoisotopic (exact) mass is 376 g/mol. The summed E-state index contributed by atoms with van der Waals surface area (Å²) in [5.41, 5.74) is 0.782. The van der Waals surface area contributed by atoms with E-state index in [0.717, 1.165) is 10.0 Å². The molecule has 1 fully saturated rings. The Kier molecular flexibility index (Phi) is 4.88. The van der Waals surface area contributed by atoms with Gasteiger partial charge in [-0.3, -0.25) is 9.69 Å². The van der Waals surface area contributed by atoms with E-state index in [1.54, 1.807) is 18.5 Å². The quantitative estimate of drug-likeness (QED) is 0.881. The van der Waals surface area contributed by atoms with Crippen molar-refractivity contribution in [3.05, 3.63) is 52.8 Å². The minimum Gasteiger partial charge on any atom is -0.480 e. The van der Waals surface area contributed by atoms with Crippen LogP contribution in [-0.2, 0) is 4.79 Å². The van der Waals surface area contributed by atoms with Gasteiger partial charge in [0.1, 0.15) is 6.04 Å². The number of nitrogens with zero attached hydrogens (tertiary/aromatic N) is 4. The maximum atomic E-state index is 11.8. The van der Waals surface area contributed by atoms with E-state index in [1.165, 1.54) is 0 Å². The van der Waals surface area contributed by atoms with Gasteiger partial charge in [-0.25, -0.2) is 9.97 Å². The van der Waals surface area contributed by atoms with Gasteiger partial charge in [0.05, 0.1) is 0 Å². The van der Waals surface area contributed by atoms with E-state index < -0.39 is 12.0 Å². The zero-order valence-electron chi connectivity index (χ0n) is 12.5. The molecule has 0 aliphatic carbocycles. The van der Waals surface area contributed by atoms with E-state index in [2.05, 4.69) is 30.8 Å². The minimum atomic E-state index is -0.832. The predicted molar refractivity (Wildman–Crippen MR) is 90.3 cm³/mol. The molecule has 6 nitrogen and oxygen atoms in total. The van der Waals surface area contributed by atoms with Gasteiger partial charge in [0.2, 0.25) is 5.95 Å². The van der Waals surface area contributed by atoms with Gasteiger partial charge >= 0.3 is 5.97 Å². The van der Waals surface area contributed by atoms with E-state index in [-0.39, 0.29) is 0 Å². The highest BCUT2D eigenvalue weighted by Gasteiger charge is 2.31. The third-order valence-corrected chi connectivity index (χ3v) is 4.67. The summed E-state index contributed by atoms with van der Waals surface area (Å²) >= 11 is 3.46. The van der Waals surface area contributed by atoms with Gasteiger partial charge in [0.25, 0.3) is 0 Å². The summed E-state index contributed by atoms with van der Waals surface area (Å²) in [6.45, 7) is 2.71. The number of benzene rings is 1. The molecule has 3 rings (SSSR count). The molecule has 1 unspecified atom stereocenters. The van der Waals surface area contributed by atoms with Crippen molar-refractivity contribution in [2.24, 2.45) is 0 Å². The van der Waals surface area contributed by atoms with Crippen LogP contribution in [0.15, 0.2) is 47.2 Å². The second kappa shape index (κ2) is 7.06. The summed E-state index contributed by atoms with van der Waals surface area (Å²) in [5, 5.41) is 9.69. The van der Waals surface area contributed by atoms with Crippen molar-refractivity contribution in [1.82, 2.24) is 14.9 Å². The summed E-state index contributed by atoms with van der Waals surface area (Å²) in [6, 6.07) is 8.62. The number of aromatic nitrogens is 2. The lowest BCUT2D eigenvalue weighted by Gasteiger charge is -2.38. The van der Waals surface area contributed by atoms with Crippen LogP contribution in [-0.4, -0.2) is 52.1 Å². The summed E-state index contributed by atoms with van der Waals surface area (Å²) in [5.74, 6) is -0.138. The van der Waals surface area contributed by atoms with Gasteiger partial charge in [0, 0.05) is 43.0 Å². The fourth-order valence-electron chi connectivity index (χ4n) is 2.82. The molecule has 120 valence electrons. The third kappa shape index (κ3) is 3.51. The number of hydrogen-bond donors (Lipinski definition) is 1. The Balaban J connectivity index is 1.74. The summed E-state index contributed by atoms with van der Waals surface area (Å²) < 4.78 is 0.821. The molecule has 0 bridgehead atoms. The molecule has 1 aromatic carbocycles. The Morgan fingerprint density at radius 2 is 1.74 bits per heavy atom. The molecule has 2 heterocycles. The van der Waals surface area contributed by atoms with Crippen LogP contribution in [0.3, 0.4) is 0 Å². The maximum absolute atomic E-state index is 11.8. The maximum Gasteiger partial charge on any atom is 0.325 e. The molecule has 0 saturated carbocycles. The Morgan fingerprint density at radius 1 is 1.09 bits per heavy atom. The first kappa shape index (κ1) is 15.9. The zero-order valence-corrected chi connectivity index (χ0v) is 14.1. The van der Waals surface area contributed by atoms with Crippen LogP contribution in [0.4, 0.5) is 5.95 Å². The number of hydrogen-bond acceptors (Lipinski definition) is 5. The minimum absolute atomic E-state index is 0.649. The Morgan fingerprint density at radius 3 is 2.35 bits per heavy atom. The van der Waals surface area contributed by atoms with E-state index in [9.17, 15) is 9.90 Å². The van der Waals surface area contributed by atoms with E-state index in [1.807, 2.05) is 29.2 Å². The number of piperazine rings is 1. The lowest BCUT2D eigenvalue weighted by Crippen LogP contribution is -2.49. The first-order valence-electron chi connectivity index (χ1n) is 7.40. The topological polar surface area (TPSA) is 69.6 Å². The van der Waals surface area contributed by atoms with Gasteiger partial charge in [-0.15, -0.1) is 0 Å². The molecule has 1 N–H and O–H groups in total. The third-order valence-electron chi connectivity index (χ3n) is 3.95. The zero-order chi connectivity index (χ0) is 16.2. The van der Waals surface area contributed by atoms with Crippen LogP contribution in [0, 0.1) is 0 Å². The van der Waals surface area contributed by atoms with Gasteiger partial charge in [-0.05, 0) is 17.7 Å². The van der Waals surface area contributed by atoms with Crippen LogP contribution < -0.4 is 4.90 Å². The molecular weight excluding hydrogens is 360 g/mol. The summed E-state index contributed by atoms with van der Waals surface area (Å²) in [6.07, 6.45) is 3.44. The number of carboxylic acid groups (broad SMARTS) is 1. The lowest BCUT2D eigenvalue weighted by molar-refractivity contribution is -0.143. The standard InChI is InChI=1S/C16H17BrN4O2/c17-13-5-2-1-4-12(13)14(15(22)23)20-8-10-21(11-9-20)16-18-6-3-7-19-16/h1-7,14H,8-11H2,(H,22,23). The van der Waals surface area contributed by atoms with Crippen molar-refractivity contribution in [3.63, 3.8) is 0 Å². The van der Waals surface area contributed by atoms with Crippen LogP contribution in [0.2, 0.25) is 0 Å². The molecule has 1 atom stereocenters. The molecular formula is C16H17BrN4O2. The molecule has 1 aromatic heterocycles. The fourth-order valence-corrected chi connectivity index (χ4v) is 3.32. The largest absolute Gasteiger partial charge is 0.480 e. The normalized spacial score (nSPS) is 17.0. The average molecular weight is 377 g/mol. The fraction of sp³-hybridized carbons (Fsp3) is 0.312. The smallest absolute Gasteiger partial charge is 0.325 e. The van der Waals surface area contributed by atoms with Gasteiger partial charge in [0.15, 0.2) is 0 Å². The number of anilines is 1. The van der Waals surface area contributed by atoms with Crippen molar-refractivity contribution in [1.29, 1.82) is 0 Å². The first-order valence-corrected chi connectivity index (χ1v) is 8.19. The van der Waals surface area contributed by atoms with Crippen molar-refractivity contribution in [3.8, 4) is 0 Å². The first-order chi connectivity index (χ1) is 11.2. The van der Waals surface area contributed by atoms with E-state index in [0.29, 0.717) is 32.1 Å². The van der Waals surface area contributed by atoms with E-state index >= 15 is 0 Å². The predicted octanol–water partition coefficient (Wildman–Crippen LogP) is 2.19. The number of rotatable bonds is 4. The molecule has 23 heavy (non-hydrogen) atoms. The number of carboxylic acids is 1. The molecule has 7 heteroatoms. The second-order valence-electron chi connectivity index (χ2n) is 5.33. The van der Waals surface area contributed by atoms with Crippen molar-refractivity contribution in [2.45, 2.75) is 6.04 Å². The molecule has 1 aliphatic heterocycles. The second-order valence-corrected chi connectivity index (χ2v) is 6.19. The van der Waals surface area contributed by atoms with E-state index in [4.69, 9.17) is 0 Å².